The molecule has 0 unspecified atom stereocenters. The Morgan fingerprint density at radius 3 is 1.10 bits per heavy atom. The van der Waals surface area contributed by atoms with Gasteiger partial charge in [-0.15, -0.1) is 0 Å². The molecule has 0 amide bonds. The van der Waals surface area contributed by atoms with Crippen LogP contribution in [-0.4, -0.2) is 8.07 Å². The second-order valence-corrected chi connectivity index (χ2v) is 16.9. The highest BCUT2D eigenvalue weighted by Gasteiger charge is 2.44. The van der Waals surface area contributed by atoms with E-state index < -0.39 is 8.07 Å². The minimum absolute atomic E-state index is 0.899. The molecule has 2 nitrogen and oxygen atoms in total. The van der Waals surface area contributed by atoms with E-state index in [9.17, 15) is 0 Å². The molecule has 2 aromatic heterocycles. The maximum atomic E-state index is 6.70. The van der Waals surface area contributed by atoms with Crippen molar-refractivity contribution >= 4 is 72.7 Å². The fourth-order valence-corrected chi connectivity index (χ4v) is 13.5. The highest BCUT2D eigenvalue weighted by atomic mass is 28.3. The van der Waals surface area contributed by atoms with Crippen molar-refractivity contribution in [1.29, 1.82) is 0 Å². The van der Waals surface area contributed by atoms with Gasteiger partial charge < -0.3 is 8.83 Å². The highest BCUT2D eigenvalue weighted by Crippen LogP contribution is 2.38. The molecule has 51 heavy (non-hydrogen) atoms. The van der Waals surface area contributed by atoms with Crippen LogP contribution in [0.25, 0.3) is 66.1 Å². The average molecular weight is 669 g/mol. The molecule has 0 bridgehead atoms. The summed E-state index contributed by atoms with van der Waals surface area (Å²) in [6.07, 6.45) is 0. The van der Waals surface area contributed by atoms with Crippen LogP contribution >= 0.6 is 0 Å². The molecule has 10 rings (SSSR count). The van der Waals surface area contributed by atoms with Gasteiger partial charge >= 0.3 is 0 Å². The minimum Gasteiger partial charge on any atom is -0.455 e. The monoisotopic (exact) mass is 668 g/mol. The molecule has 8 aromatic carbocycles. The van der Waals surface area contributed by atoms with Gasteiger partial charge in [-0.1, -0.05) is 182 Å². The topological polar surface area (TPSA) is 26.3 Å². The maximum absolute atomic E-state index is 6.70. The smallest absolute Gasteiger partial charge is 0.180 e. The third-order valence-electron chi connectivity index (χ3n) is 10.5. The Bertz CT molecular complexity index is 2670. The van der Waals surface area contributed by atoms with Crippen LogP contribution in [0.3, 0.4) is 0 Å². The van der Waals surface area contributed by atoms with Crippen molar-refractivity contribution in [2.45, 2.75) is 0 Å². The van der Waals surface area contributed by atoms with Crippen molar-refractivity contribution in [3.8, 4) is 22.3 Å². The average Bonchev–Trinajstić information content (AvgIpc) is 3.78. The van der Waals surface area contributed by atoms with Crippen molar-refractivity contribution in [2.75, 3.05) is 0 Å². The standard InChI is InChI=1S/C48H32O2Si/c1-3-17-33(18-4-1)51(34-19-5-2-6-20-34,45-31-13-9-23-37(45)41-27-15-25-39-35-21-7-11-29-43(35)49-47(39)41)46-32-14-10-24-38(46)42-28-16-26-40-36-22-8-12-30-44(36)50-48(40)42/h1-32H. The van der Waals surface area contributed by atoms with E-state index in [2.05, 4.69) is 182 Å². The quantitative estimate of drug-likeness (QED) is 0.130. The first-order valence-electron chi connectivity index (χ1n) is 17.4. The van der Waals surface area contributed by atoms with Gasteiger partial charge in [-0.25, -0.2) is 0 Å². The lowest BCUT2D eigenvalue weighted by atomic mass is 10.0. The summed E-state index contributed by atoms with van der Waals surface area (Å²) < 4.78 is 13.4. The van der Waals surface area contributed by atoms with Crippen molar-refractivity contribution in [3.05, 3.63) is 194 Å². The Morgan fingerprint density at radius 2 is 0.627 bits per heavy atom. The van der Waals surface area contributed by atoms with Crippen molar-refractivity contribution in [2.24, 2.45) is 0 Å². The Balaban J connectivity index is 1.35. The predicted octanol–water partition coefficient (Wildman–Crippen LogP) is 10.2. The van der Waals surface area contributed by atoms with Crippen LogP contribution < -0.4 is 20.7 Å². The second kappa shape index (κ2) is 11.9. The zero-order valence-electron chi connectivity index (χ0n) is 27.8. The molecular weight excluding hydrogens is 637 g/mol. The molecule has 2 heterocycles. The first kappa shape index (κ1) is 29.5. The molecular formula is C48H32O2Si. The fourth-order valence-electron chi connectivity index (χ4n) is 8.32. The van der Waals surface area contributed by atoms with Gasteiger partial charge in [-0.3, -0.25) is 0 Å². The molecule has 10 aromatic rings. The van der Waals surface area contributed by atoms with E-state index in [1.54, 1.807) is 0 Å². The number of para-hydroxylation sites is 4. The van der Waals surface area contributed by atoms with Gasteiger partial charge in [-0.05, 0) is 44.0 Å². The summed E-state index contributed by atoms with van der Waals surface area (Å²) in [6.45, 7) is 0. The van der Waals surface area contributed by atoms with E-state index in [1.807, 2.05) is 12.1 Å². The zero-order chi connectivity index (χ0) is 33.8. The second-order valence-electron chi connectivity index (χ2n) is 13.1. The number of hydrogen-bond acceptors (Lipinski definition) is 2. The number of rotatable bonds is 6. The summed E-state index contributed by atoms with van der Waals surface area (Å²) in [5, 5.41) is 9.74. The fraction of sp³-hybridized carbons (Fsp3) is 0. The summed E-state index contributed by atoms with van der Waals surface area (Å²) >= 11 is 0. The maximum Gasteiger partial charge on any atom is 0.180 e. The number of hydrogen-bond donors (Lipinski definition) is 0. The Morgan fingerprint density at radius 1 is 0.275 bits per heavy atom. The molecule has 0 saturated carbocycles. The summed E-state index contributed by atoms with van der Waals surface area (Å²) in [5.41, 5.74) is 8.18. The molecule has 0 aliphatic heterocycles. The van der Waals surface area contributed by atoms with Crippen LogP contribution in [0, 0.1) is 0 Å². The molecule has 0 aliphatic carbocycles. The Kier molecular flexibility index (Phi) is 6.86. The van der Waals surface area contributed by atoms with Gasteiger partial charge in [0.2, 0.25) is 0 Å². The van der Waals surface area contributed by atoms with Crippen LogP contribution in [-0.2, 0) is 0 Å². The summed E-state index contributed by atoms with van der Waals surface area (Å²) in [6, 6.07) is 70.1. The summed E-state index contributed by atoms with van der Waals surface area (Å²) in [5.74, 6) is 0. The molecule has 0 spiro atoms. The molecule has 0 N–H and O–H groups in total. The molecule has 0 fully saturated rings. The summed E-state index contributed by atoms with van der Waals surface area (Å²) in [7, 11) is -3.09. The number of furan rings is 2. The van der Waals surface area contributed by atoms with E-state index in [1.165, 1.54) is 31.9 Å². The highest BCUT2D eigenvalue weighted by molar-refractivity contribution is 7.21. The van der Waals surface area contributed by atoms with Gasteiger partial charge in [0.1, 0.15) is 22.3 Å². The molecule has 3 heteroatoms. The van der Waals surface area contributed by atoms with E-state index in [0.29, 0.717) is 0 Å². The third kappa shape index (κ3) is 4.49. The molecule has 0 aliphatic rings. The van der Waals surface area contributed by atoms with E-state index in [4.69, 9.17) is 8.83 Å². The normalized spacial score (nSPS) is 11.9. The van der Waals surface area contributed by atoms with Gasteiger partial charge in [0.05, 0.1) is 0 Å². The minimum atomic E-state index is -3.09. The molecule has 0 atom stereocenters. The first-order chi connectivity index (χ1) is 25.3. The van der Waals surface area contributed by atoms with Crippen molar-refractivity contribution in [3.63, 3.8) is 0 Å². The zero-order valence-corrected chi connectivity index (χ0v) is 28.8. The van der Waals surface area contributed by atoms with Crippen molar-refractivity contribution in [1.82, 2.24) is 0 Å². The lowest BCUT2D eigenvalue weighted by Gasteiger charge is -2.37. The van der Waals surface area contributed by atoms with Crippen LogP contribution in [0.2, 0.25) is 0 Å². The van der Waals surface area contributed by atoms with Crippen LogP contribution in [0.5, 0.6) is 0 Å². The van der Waals surface area contributed by atoms with Crippen molar-refractivity contribution < 1.29 is 8.83 Å². The molecule has 0 radical (unpaired) electrons. The summed E-state index contributed by atoms with van der Waals surface area (Å²) in [4.78, 5) is 0. The number of benzene rings is 8. The Hall–Kier alpha value is -6.42. The number of fused-ring (bicyclic) bond motifs is 6. The largest absolute Gasteiger partial charge is 0.455 e. The van der Waals surface area contributed by atoms with Gasteiger partial charge in [0.15, 0.2) is 8.07 Å². The van der Waals surface area contributed by atoms with Crippen LogP contribution in [0.1, 0.15) is 0 Å². The lowest BCUT2D eigenvalue weighted by molar-refractivity contribution is 0.669. The first-order valence-corrected chi connectivity index (χ1v) is 19.4. The SMILES string of the molecule is c1ccc([Si](c2ccccc2)(c2ccccc2-c2cccc3c2oc2ccccc23)c2ccccc2-c2cccc3c2oc2ccccc23)cc1. The van der Waals surface area contributed by atoms with Gasteiger partial charge in [0, 0.05) is 32.7 Å². The van der Waals surface area contributed by atoms with Crippen LogP contribution in [0.15, 0.2) is 203 Å². The van der Waals surface area contributed by atoms with Gasteiger partial charge in [0.25, 0.3) is 0 Å². The lowest BCUT2D eigenvalue weighted by Crippen LogP contribution is -2.75. The van der Waals surface area contributed by atoms with Gasteiger partial charge in [-0.2, -0.15) is 0 Å². The van der Waals surface area contributed by atoms with Crippen LogP contribution in [0.4, 0.5) is 0 Å². The Labute approximate surface area is 296 Å². The predicted molar refractivity (Wildman–Crippen MR) is 215 cm³/mol. The molecule has 0 saturated heterocycles. The van der Waals surface area contributed by atoms with E-state index in [0.717, 1.165) is 55.0 Å². The third-order valence-corrected chi connectivity index (χ3v) is 15.4. The van der Waals surface area contributed by atoms with E-state index in [-0.39, 0.29) is 0 Å². The van der Waals surface area contributed by atoms with E-state index >= 15 is 0 Å². The molecule has 240 valence electrons.